The first-order chi connectivity index (χ1) is 7.01. The summed E-state index contributed by atoms with van der Waals surface area (Å²) in [7, 11) is 1.85. The van der Waals surface area contributed by atoms with Crippen LogP contribution in [0.15, 0.2) is 12.4 Å². The van der Waals surface area contributed by atoms with Gasteiger partial charge in [0.1, 0.15) is 18.0 Å². The van der Waals surface area contributed by atoms with Crippen LogP contribution in [0.3, 0.4) is 0 Å². The van der Waals surface area contributed by atoms with E-state index in [0.29, 0.717) is 5.41 Å². The molecule has 1 aromatic rings. The Morgan fingerprint density at radius 3 is 2.47 bits per heavy atom. The fourth-order valence-electron chi connectivity index (χ4n) is 1.16. The van der Waals surface area contributed by atoms with E-state index in [9.17, 15) is 0 Å². The Bertz CT molecular complexity index is 304. The van der Waals surface area contributed by atoms with Crippen LogP contribution < -0.4 is 10.6 Å². The van der Waals surface area contributed by atoms with Crippen LogP contribution in [0.2, 0.25) is 0 Å². The van der Waals surface area contributed by atoms with Gasteiger partial charge in [-0.1, -0.05) is 20.8 Å². The summed E-state index contributed by atoms with van der Waals surface area (Å²) in [4.78, 5) is 8.20. The molecule has 4 heteroatoms. The van der Waals surface area contributed by atoms with Gasteiger partial charge in [0, 0.05) is 19.7 Å². The van der Waals surface area contributed by atoms with E-state index < -0.39 is 0 Å². The predicted octanol–water partition coefficient (Wildman–Crippen LogP) is 2.37. The van der Waals surface area contributed by atoms with Crippen molar-refractivity contribution >= 4 is 11.6 Å². The van der Waals surface area contributed by atoms with Crippen LogP contribution >= 0.6 is 0 Å². The molecule has 0 aliphatic rings. The third-order valence-corrected chi connectivity index (χ3v) is 2.10. The molecule has 0 atom stereocenters. The minimum atomic E-state index is 0.353. The molecule has 0 unspecified atom stereocenters. The van der Waals surface area contributed by atoms with Crippen molar-refractivity contribution < 1.29 is 0 Å². The van der Waals surface area contributed by atoms with Gasteiger partial charge in [0.25, 0.3) is 0 Å². The molecule has 0 fully saturated rings. The van der Waals surface area contributed by atoms with Crippen molar-refractivity contribution in [1.82, 2.24) is 9.97 Å². The SMILES string of the molecule is CNc1cc(NCCC(C)(C)C)ncn1. The maximum absolute atomic E-state index is 4.14. The van der Waals surface area contributed by atoms with E-state index in [1.165, 1.54) is 0 Å². The summed E-state index contributed by atoms with van der Waals surface area (Å²) in [6.45, 7) is 7.62. The normalized spacial score (nSPS) is 11.2. The van der Waals surface area contributed by atoms with E-state index in [0.717, 1.165) is 24.6 Å². The Labute approximate surface area is 91.5 Å². The van der Waals surface area contributed by atoms with Crippen LogP contribution in [0, 0.1) is 5.41 Å². The highest BCUT2D eigenvalue weighted by Crippen LogP contribution is 2.18. The molecule has 0 amide bonds. The van der Waals surface area contributed by atoms with Gasteiger partial charge in [-0.2, -0.15) is 0 Å². The summed E-state index contributed by atoms with van der Waals surface area (Å²) in [5, 5.41) is 6.27. The van der Waals surface area contributed by atoms with E-state index in [1.54, 1.807) is 6.33 Å². The Hall–Kier alpha value is -1.32. The topological polar surface area (TPSA) is 49.8 Å². The van der Waals surface area contributed by atoms with Crippen molar-refractivity contribution in [2.45, 2.75) is 27.2 Å². The zero-order valence-electron chi connectivity index (χ0n) is 9.96. The van der Waals surface area contributed by atoms with Crippen molar-refractivity contribution in [3.63, 3.8) is 0 Å². The first-order valence-corrected chi connectivity index (χ1v) is 5.25. The summed E-state index contributed by atoms with van der Waals surface area (Å²) >= 11 is 0. The van der Waals surface area contributed by atoms with Gasteiger partial charge in [0.2, 0.25) is 0 Å². The molecule has 2 N–H and O–H groups in total. The van der Waals surface area contributed by atoms with Gasteiger partial charge in [-0.05, 0) is 11.8 Å². The fraction of sp³-hybridized carbons (Fsp3) is 0.636. The van der Waals surface area contributed by atoms with Crippen LogP contribution in [0.5, 0.6) is 0 Å². The Balaban J connectivity index is 2.44. The Morgan fingerprint density at radius 1 is 1.20 bits per heavy atom. The Kier molecular flexibility index (Phi) is 3.88. The zero-order valence-corrected chi connectivity index (χ0v) is 9.96. The molecule has 4 nitrogen and oxygen atoms in total. The van der Waals surface area contributed by atoms with E-state index in [2.05, 4.69) is 41.4 Å². The van der Waals surface area contributed by atoms with Crippen LogP contribution in [0.4, 0.5) is 11.6 Å². The summed E-state index contributed by atoms with van der Waals surface area (Å²) in [5.74, 6) is 1.71. The third kappa shape index (κ3) is 4.63. The second-order valence-electron chi connectivity index (χ2n) is 4.78. The number of nitrogens with one attached hydrogen (secondary N) is 2. The Morgan fingerprint density at radius 2 is 1.87 bits per heavy atom. The maximum atomic E-state index is 4.14. The van der Waals surface area contributed by atoms with Gasteiger partial charge in [0.05, 0.1) is 0 Å². The molecule has 1 rings (SSSR count). The fourth-order valence-corrected chi connectivity index (χ4v) is 1.16. The first kappa shape index (κ1) is 11.8. The number of anilines is 2. The summed E-state index contributed by atoms with van der Waals surface area (Å²) in [5.41, 5.74) is 0.353. The van der Waals surface area contributed by atoms with Gasteiger partial charge in [0.15, 0.2) is 0 Å². The first-order valence-electron chi connectivity index (χ1n) is 5.25. The lowest BCUT2D eigenvalue weighted by Crippen LogP contribution is -2.13. The molecule has 0 saturated carbocycles. The molecule has 84 valence electrons. The molecule has 15 heavy (non-hydrogen) atoms. The molecule has 0 aliphatic heterocycles. The van der Waals surface area contributed by atoms with Crippen molar-refractivity contribution in [3.8, 4) is 0 Å². The minimum Gasteiger partial charge on any atom is -0.373 e. The molecule has 1 heterocycles. The number of nitrogens with zero attached hydrogens (tertiary/aromatic N) is 2. The van der Waals surface area contributed by atoms with Gasteiger partial charge in [-0.15, -0.1) is 0 Å². The number of hydrogen-bond acceptors (Lipinski definition) is 4. The zero-order chi connectivity index (χ0) is 11.3. The molecule has 0 radical (unpaired) electrons. The number of hydrogen-bond donors (Lipinski definition) is 2. The average Bonchev–Trinajstić information content (AvgIpc) is 2.16. The largest absolute Gasteiger partial charge is 0.373 e. The average molecular weight is 208 g/mol. The molecule has 0 aliphatic carbocycles. The number of rotatable bonds is 4. The van der Waals surface area contributed by atoms with E-state index >= 15 is 0 Å². The summed E-state index contributed by atoms with van der Waals surface area (Å²) < 4.78 is 0. The van der Waals surface area contributed by atoms with Crippen LogP contribution in [-0.4, -0.2) is 23.6 Å². The minimum absolute atomic E-state index is 0.353. The van der Waals surface area contributed by atoms with Crippen LogP contribution in [0.1, 0.15) is 27.2 Å². The predicted molar refractivity (Wildman–Crippen MR) is 64.1 cm³/mol. The highest BCUT2D eigenvalue weighted by molar-refractivity contribution is 5.45. The van der Waals surface area contributed by atoms with Gasteiger partial charge >= 0.3 is 0 Å². The van der Waals surface area contributed by atoms with E-state index in [4.69, 9.17) is 0 Å². The summed E-state index contributed by atoms with van der Waals surface area (Å²) in [6.07, 6.45) is 2.68. The molecule has 0 saturated heterocycles. The van der Waals surface area contributed by atoms with Crippen LogP contribution in [-0.2, 0) is 0 Å². The van der Waals surface area contributed by atoms with Crippen molar-refractivity contribution in [2.75, 3.05) is 24.2 Å². The highest BCUT2D eigenvalue weighted by atomic mass is 15.0. The molecule has 0 spiro atoms. The second-order valence-corrected chi connectivity index (χ2v) is 4.78. The highest BCUT2D eigenvalue weighted by Gasteiger charge is 2.09. The monoisotopic (exact) mass is 208 g/mol. The van der Waals surface area contributed by atoms with E-state index in [-0.39, 0.29) is 0 Å². The smallest absolute Gasteiger partial charge is 0.131 e. The van der Waals surface area contributed by atoms with Crippen molar-refractivity contribution in [3.05, 3.63) is 12.4 Å². The van der Waals surface area contributed by atoms with Crippen molar-refractivity contribution in [2.24, 2.45) is 5.41 Å². The quantitative estimate of drug-likeness (QED) is 0.797. The molecular weight excluding hydrogens is 188 g/mol. The molecule has 1 aromatic heterocycles. The third-order valence-electron chi connectivity index (χ3n) is 2.10. The van der Waals surface area contributed by atoms with E-state index in [1.807, 2.05) is 13.1 Å². The van der Waals surface area contributed by atoms with Gasteiger partial charge in [-0.3, -0.25) is 0 Å². The van der Waals surface area contributed by atoms with Gasteiger partial charge < -0.3 is 10.6 Å². The lowest BCUT2D eigenvalue weighted by molar-refractivity contribution is 0.389. The summed E-state index contributed by atoms with van der Waals surface area (Å²) in [6, 6.07) is 1.91. The molecular formula is C11H20N4. The molecule has 0 bridgehead atoms. The van der Waals surface area contributed by atoms with Crippen LogP contribution in [0.25, 0.3) is 0 Å². The van der Waals surface area contributed by atoms with Crippen molar-refractivity contribution in [1.29, 1.82) is 0 Å². The lowest BCUT2D eigenvalue weighted by Gasteiger charge is -2.18. The van der Waals surface area contributed by atoms with Gasteiger partial charge in [-0.25, -0.2) is 9.97 Å². The standard InChI is InChI=1S/C11H20N4/c1-11(2,3)5-6-13-10-7-9(12-4)14-8-15-10/h7-8H,5-6H2,1-4H3,(H2,12,13,14,15). The second kappa shape index (κ2) is 4.96. The molecule has 0 aromatic carbocycles. The lowest BCUT2D eigenvalue weighted by atomic mass is 9.92. The number of aromatic nitrogens is 2. The maximum Gasteiger partial charge on any atom is 0.131 e.